The van der Waals surface area contributed by atoms with Crippen molar-refractivity contribution >= 4 is 5.91 Å². The van der Waals surface area contributed by atoms with Crippen LogP contribution >= 0.6 is 0 Å². The molecule has 3 rings (SSSR count). The number of likely N-dealkylation sites (tertiary alicyclic amines) is 1. The maximum atomic E-state index is 12.7. The largest absolute Gasteiger partial charge is 0.481 e. The zero-order chi connectivity index (χ0) is 16.4. The summed E-state index contributed by atoms with van der Waals surface area (Å²) in [6, 6.07) is 3.81. The molecule has 23 heavy (non-hydrogen) atoms. The first-order chi connectivity index (χ1) is 11.1. The summed E-state index contributed by atoms with van der Waals surface area (Å²) in [7, 11) is 3.52. The summed E-state index contributed by atoms with van der Waals surface area (Å²) >= 11 is 0. The standard InChI is InChI=1S/C17H23N3O3/c1-12-16(17(22-3)19(2)18-12)14-7-4-10-20(14)15(21)9-8-13-6-5-11-23-13/h5-6,11,14H,4,7-10H2,1-3H3/t14-/m1/s1. The Morgan fingerprint density at radius 3 is 3.04 bits per heavy atom. The minimum absolute atomic E-state index is 0.0581. The van der Waals surface area contributed by atoms with Gasteiger partial charge in [-0.25, -0.2) is 4.68 Å². The fourth-order valence-corrected chi connectivity index (χ4v) is 3.47. The molecule has 0 aliphatic carbocycles. The Bertz CT molecular complexity index is 676. The number of methoxy groups -OCH3 is 1. The number of carbonyl (C=O) groups excluding carboxylic acids is 1. The fraction of sp³-hybridized carbons (Fsp3) is 0.529. The number of nitrogens with zero attached hydrogens (tertiary/aromatic N) is 3. The quantitative estimate of drug-likeness (QED) is 0.850. The maximum Gasteiger partial charge on any atom is 0.223 e. The van der Waals surface area contributed by atoms with Crippen LogP contribution in [0.1, 0.15) is 42.3 Å². The van der Waals surface area contributed by atoms with Gasteiger partial charge in [0.2, 0.25) is 11.8 Å². The molecule has 0 saturated carbocycles. The molecule has 1 saturated heterocycles. The van der Waals surface area contributed by atoms with Gasteiger partial charge in [0.25, 0.3) is 0 Å². The van der Waals surface area contributed by atoms with Gasteiger partial charge in [0.05, 0.1) is 30.7 Å². The summed E-state index contributed by atoms with van der Waals surface area (Å²) in [6.45, 7) is 2.76. The van der Waals surface area contributed by atoms with Crippen LogP contribution in [0.5, 0.6) is 5.88 Å². The van der Waals surface area contributed by atoms with Crippen molar-refractivity contribution in [1.29, 1.82) is 0 Å². The van der Waals surface area contributed by atoms with Gasteiger partial charge < -0.3 is 14.1 Å². The molecular formula is C17H23N3O3. The Balaban J connectivity index is 1.76. The molecule has 1 aliphatic heterocycles. The predicted octanol–water partition coefficient (Wildman–Crippen LogP) is 2.63. The lowest BCUT2D eigenvalue weighted by atomic mass is 10.0. The van der Waals surface area contributed by atoms with Gasteiger partial charge in [0.15, 0.2) is 0 Å². The van der Waals surface area contributed by atoms with Crippen LogP contribution < -0.4 is 4.74 Å². The topological polar surface area (TPSA) is 60.5 Å². The zero-order valence-corrected chi connectivity index (χ0v) is 13.9. The number of aromatic nitrogens is 2. The van der Waals surface area contributed by atoms with Crippen molar-refractivity contribution in [2.24, 2.45) is 7.05 Å². The van der Waals surface area contributed by atoms with E-state index in [0.717, 1.165) is 42.3 Å². The molecule has 6 nitrogen and oxygen atoms in total. The van der Waals surface area contributed by atoms with E-state index in [-0.39, 0.29) is 11.9 Å². The van der Waals surface area contributed by atoms with Gasteiger partial charge >= 0.3 is 0 Å². The van der Waals surface area contributed by atoms with Crippen LogP contribution in [0.25, 0.3) is 0 Å². The Morgan fingerprint density at radius 2 is 2.35 bits per heavy atom. The van der Waals surface area contributed by atoms with Gasteiger partial charge in [0.1, 0.15) is 5.76 Å². The molecule has 0 unspecified atom stereocenters. The number of ether oxygens (including phenoxy) is 1. The highest BCUT2D eigenvalue weighted by molar-refractivity contribution is 5.77. The van der Waals surface area contributed by atoms with E-state index in [1.54, 1.807) is 18.1 Å². The molecule has 0 N–H and O–H groups in total. The average Bonchev–Trinajstić information content (AvgIpc) is 3.24. The molecule has 2 aromatic heterocycles. The van der Waals surface area contributed by atoms with E-state index in [0.29, 0.717) is 12.8 Å². The molecule has 1 amide bonds. The van der Waals surface area contributed by atoms with E-state index in [1.165, 1.54) is 0 Å². The molecule has 1 aliphatic rings. The lowest BCUT2D eigenvalue weighted by Crippen LogP contribution is -2.31. The third-order valence-corrected chi connectivity index (χ3v) is 4.48. The van der Waals surface area contributed by atoms with Crippen LogP contribution in [0.15, 0.2) is 22.8 Å². The van der Waals surface area contributed by atoms with Crippen molar-refractivity contribution in [3.05, 3.63) is 35.4 Å². The molecule has 6 heteroatoms. The molecule has 1 atom stereocenters. The molecular weight excluding hydrogens is 294 g/mol. The van der Waals surface area contributed by atoms with Crippen molar-refractivity contribution in [1.82, 2.24) is 14.7 Å². The SMILES string of the molecule is COc1c([C@H]2CCCN2C(=O)CCc2ccco2)c(C)nn1C. The van der Waals surface area contributed by atoms with E-state index in [4.69, 9.17) is 9.15 Å². The Hall–Kier alpha value is -2.24. The molecule has 1 fully saturated rings. The number of amides is 1. The van der Waals surface area contributed by atoms with E-state index >= 15 is 0 Å². The minimum atomic E-state index is 0.0581. The Kier molecular flexibility index (Phi) is 4.41. The lowest BCUT2D eigenvalue weighted by Gasteiger charge is -2.25. The Morgan fingerprint density at radius 1 is 1.52 bits per heavy atom. The highest BCUT2D eigenvalue weighted by Crippen LogP contribution is 2.39. The van der Waals surface area contributed by atoms with E-state index in [9.17, 15) is 4.79 Å². The smallest absolute Gasteiger partial charge is 0.223 e. The van der Waals surface area contributed by atoms with Crippen LogP contribution in [0.3, 0.4) is 0 Å². The van der Waals surface area contributed by atoms with Crippen LogP contribution in [0, 0.1) is 6.92 Å². The fourth-order valence-electron chi connectivity index (χ4n) is 3.47. The molecule has 0 radical (unpaired) electrons. The first-order valence-electron chi connectivity index (χ1n) is 8.01. The van der Waals surface area contributed by atoms with Crippen LogP contribution in [0.4, 0.5) is 0 Å². The van der Waals surface area contributed by atoms with Crippen molar-refractivity contribution in [2.75, 3.05) is 13.7 Å². The van der Waals surface area contributed by atoms with E-state index in [1.807, 2.05) is 31.0 Å². The molecule has 124 valence electrons. The van der Waals surface area contributed by atoms with Crippen LogP contribution in [-0.4, -0.2) is 34.2 Å². The van der Waals surface area contributed by atoms with Gasteiger partial charge in [-0.2, -0.15) is 5.10 Å². The highest BCUT2D eigenvalue weighted by atomic mass is 16.5. The van der Waals surface area contributed by atoms with Crippen LogP contribution in [-0.2, 0) is 18.3 Å². The van der Waals surface area contributed by atoms with E-state index in [2.05, 4.69) is 5.10 Å². The van der Waals surface area contributed by atoms with Gasteiger partial charge in [-0.05, 0) is 31.9 Å². The van der Waals surface area contributed by atoms with Crippen molar-refractivity contribution in [2.45, 2.75) is 38.6 Å². The second-order valence-electron chi connectivity index (χ2n) is 5.96. The monoisotopic (exact) mass is 317 g/mol. The number of furan rings is 1. The van der Waals surface area contributed by atoms with Crippen LogP contribution in [0.2, 0.25) is 0 Å². The number of hydrogen-bond acceptors (Lipinski definition) is 4. The second-order valence-corrected chi connectivity index (χ2v) is 5.96. The van der Waals surface area contributed by atoms with Gasteiger partial charge in [-0.3, -0.25) is 4.79 Å². The second kappa shape index (κ2) is 6.48. The first kappa shape index (κ1) is 15.6. The third-order valence-electron chi connectivity index (χ3n) is 4.48. The zero-order valence-electron chi connectivity index (χ0n) is 13.9. The summed E-state index contributed by atoms with van der Waals surface area (Å²) in [5.41, 5.74) is 1.97. The number of carbonyl (C=O) groups is 1. The van der Waals surface area contributed by atoms with Crippen molar-refractivity contribution in [3.63, 3.8) is 0 Å². The molecule has 0 aromatic carbocycles. The summed E-state index contributed by atoms with van der Waals surface area (Å²) in [4.78, 5) is 14.6. The van der Waals surface area contributed by atoms with Gasteiger partial charge in [-0.15, -0.1) is 0 Å². The molecule has 2 aromatic rings. The normalized spacial score (nSPS) is 17.7. The van der Waals surface area contributed by atoms with Gasteiger partial charge in [-0.1, -0.05) is 0 Å². The average molecular weight is 317 g/mol. The minimum Gasteiger partial charge on any atom is -0.481 e. The number of rotatable bonds is 5. The third kappa shape index (κ3) is 2.98. The lowest BCUT2D eigenvalue weighted by molar-refractivity contribution is -0.132. The number of aryl methyl sites for hydroxylation is 3. The predicted molar refractivity (Wildman–Crippen MR) is 85.2 cm³/mol. The summed E-state index contributed by atoms with van der Waals surface area (Å²) in [6.07, 6.45) is 4.70. The molecule has 0 spiro atoms. The highest BCUT2D eigenvalue weighted by Gasteiger charge is 2.34. The first-order valence-corrected chi connectivity index (χ1v) is 8.01. The summed E-state index contributed by atoms with van der Waals surface area (Å²) < 4.78 is 12.6. The molecule has 0 bridgehead atoms. The molecule has 3 heterocycles. The summed E-state index contributed by atoms with van der Waals surface area (Å²) in [5, 5.41) is 4.45. The van der Waals surface area contributed by atoms with E-state index < -0.39 is 0 Å². The van der Waals surface area contributed by atoms with Crippen molar-refractivity contribution in [3.8, 4) is 5.88 Å². The van der Waals surface area contributed by atoms with Crippen molar-refractivity contribution < 1.29 is 13.9 Å². The summed E-state index contributed by atoms with van der Waals surface area (Å²) in [5.74, 6) is 1.76. The number of hydrogen-bond donors (Lipinski definition) is 0. The maximum absolute atomic E-state index is 12.7. The van der Waals surface area contributed by atoms with Gasteiger partial charge in [0, 0.05) is 26.4 Å². The Labute approximate surface area is 136 Å².